The lowest BCUT2D eigenvalue weighted by atomic mass is 10.0. The van der Waals surface area contributed by atoms with Crippen LogP contribution in [0.5, 0.6) is 0 Å². The summed E-state index contributed by atoms with van der Waals surface area (Å²) in [6, 6.07) is 4.28. The Kier molecular flexibility index (Phi) is 4.58. The van der Waals surface area contributed by atoms with Crippen LogP contribution in [0.4, 0.5) is 27.6 Å². The lowest BCUT2D eigenvalue weighted by Crippen LogP contribution is -2.37. The molecular weight excluding hydrogens is 309 g/mol. The smallest absolute Gasteiger partial charge is 0.458 e. The Balaban J connectivity index is 2.15. The van der Waals surface area contributed by atoms with E-state index >= 15 is 0 Å². The van der Waals surface area contributed by atoms with Gasteiger partial charge < -0.3 is 9.64 Å². The molecule has 2 rings (SSSR count). The van der Waals surface area contributed by atoms with Crippen molar-refractivity contribution in [3.63, 3.8) is 0 Å². The van der Waals surface area contributed by atoms with E-state index in [1.807, 2.05) is 0 Å². The minimum Gasteiger partial charge on any atom is -0.464 e. The van der Waals surface area contributed by atoms with Crippen molar-refractivity contribution in [3.05, 3.63) is 29.8 Å². The number of piperidine rings is 1. The Hall–Kier alpha value is -1.86. The van der Waals surface area contributed by atoms with Gasteiger partial charge in [-0.25, -0.2) is 0 Å². The van der Waals surface area contributed by atoms with Crippen LogP contribution in [0.3, 0.4) is 0 Å². The van der Waals surface area contributed by atoms with Gasteiger partial charge in [-0.05, 0) is 12.1 Å². The van der Waals surface area contributed by atoms with Crippen molar-refractivity contribution in [2.45, 2.75) is 31.0 Å². The number of halogens is 5. The molecule has 1 saturated heterocycles. The van der Waals surface area contributed by atoms with Crippen LogP contribution in [-0.2, 0) is 15.5 Å². The van der Waals surface area contributed by atoms with E-state index in [1.165, 1.54) is 12.1 Å². The number of nitrogens with zero attached hydrogens (tertiary/aromatic N) is 1. The molecule has 0 radical (unpaired) electrons. The molecule has 0 spiro atoms. The van der Waals surface area contributed by atoms with Gasteiger partial charge in [0.2, 0.25) is 0 Å². The van der Waals surface area contributed by atoms with Gasteiger partial charge >= 0.3 is 12.1 Å². The molecule has 0 aromatic heterocycles. The summed E-state index contributed by atoms with van der Waals surface area (Å²) in [5.41, 5.74) is -0.783. The van der Waals surface area contributed by atoms with Crippen LogP contribution in [0.25, 0.3) is 0 Å². The first-order valence-electron chi connectivity index (χ1n) is 6.65. The highest BCUT2D eigenvalue weighted by atomic mass is 19.4. The molecule has 1 heterocycles. The number of rotatable bonds is 4. The largest absolute Gasteiger partial charge is 0.464 e. The average Bonchev–Trinajstić information content (AvgIpc) is 2.47. The normalized spacial score (nSPS) is 17.4. The first kappa shape index (κ1) is 16.5. The molecule has 1 aromatic carbocycles. The van der Waals surface area contributed by atoms with E-state index in [9.17, 15) is 26.7 Å². The number of hydrogen-bond acceptors (Lipinski definition) is 3. The molecule has 0 N–H and O–H groups in total. The maximum absolute atomic E-state index is 13.4. The third kappa shape index (κ3) is 3.31. The van der Waals surface area contributed by atoms with E-state index in [0.29, 0.717) is 38.1 Å². The third-order valence-corrected chi connectivity index (χ3v) is 3.62. The lowest BCUT2D eigenvalue weighted by molar-refractivity contribution is -0.289. The van der Waals surface area contributed by atoms with Crippen molar-refractivity contribution in [1.82, 2.24) is 0 Å². The van der Waals surface area contributed by atoms with Gasteiger partial charge in [0, 0.05) is 37.2 Å². The molecule has 22 heavy (non-hydrogen) atoms. The van der Waals surface area contributed by atoms with E-state index in [1.54, 1.807) is 4.90 Å². The predicted octanol–water partition coefficient (Wildman–Crippen LogP) is 3.48. The Morgan fingerprint density at radius 2 is 1.77 bits per heavy atom. The fourth-order valence-electron chi connectivity index (χ4n) is 2.39. The summed E-state index contributed by atoms with van der Waals surface area (Å²) in [7, 11) is 0. The van der Waals surface area contributed by atoms with Crippen LogP contribution in [-0.4, -0.2) is 31.8 Å². The van der Waals surface area contributed by atoms with Crippen LogP contribution < -0.4 is 4.90 Å². The second-order valence-corrected chi connectivity index (χ2v) is 5.04. The van der Waals surface area contributed by atoms with Crippen molar-refractivity contribution in [2.75, 3.05) is 18.0 Å². The number of hydrogen-bond donors (Lipinski definition) is 0. The summed E-state index contributed by atoms with van der Waals surface area (Å²) >= 11 is 0. The highest BCUT2D eigenvalue weighted by Gasteiger charge is 2.58. The lowest BCUT2D eigenvalue weighted by Gasteiger charge is -2.33. The Morgan fingerprint density at radius 1 is 1.14 bits per heavy atom. The van der Waals surface area contributed by atoms with E-state index in [2.05, 4.69) is 0 Å². The Labute approximate surface area is 123 Å². The summed E-state index contributed by atoms with van der Waals surface area (Å²) in [5, 5.41) is 0. The zero-order valence-corrected chi connectivity index (χ0v) is 11.4. The zero-order chi connectivity index (χ0) is 16.4. The number of carbonyl (C=O) groups is 1. The van der Waals surface area contributed by atoms with Crippen LogP contribution >= 0.6 is 0 Å². The van der Waals surface area contributed by atoms with E-state index in [4.69, 9.17) is 4.74 Å². The summed E-state index contributed by atoms with van der Waals surface area (Å²) in [6.45, 7) is 1.18. The summed E-state index contributed by atoms with van der Waals surface area (Å²) < 4.78 is 68.8. The van der Waals surface area contributed by atoms with Crippen LogP contribution in [0.1, 0.15) is 18.4 Å². The zero-order valence-electron chi connectivity index (χ0n) is 11.4. The monoisotopic (exact) mass is 323 g/mol. The van der Waals surface area contributed by atoms with E-state index < -0.39 is 17.7 Å². The molecule has 0 aliphatic carbocycles. The van der Waals surface area contributed by atoms with Crippen molar-refractivity contribution in [2.24, 2.45) is 0 Å². The first-order valence-corrected chi connectivity index (χ1v) is 6.65. The van der Waals surface area contributed by atoms with Crippen LogP contribution in [0, 0.1) is 0 Å². The molecule has 0 atom stereocenters. The second kappa shape index (κ2) is 6.10. The first-order chi connectivity index (χ1) is 10.3. The quantitative estimate of drug-likeness (QED) is 0.627. The number of alkyl halides is 5. The highest BCUT2D eigenvalue weighted by Crippen LogP contribution is 2.44. The average molecular weight is 323 g/mol. The summed E-state index contributed by atoms with van der Waals surface area (Å²) in [4.78, 5) is 11.9. The van der Waals surface area contributed by atoms with E-state index in [-0.39, 0.29) is 6.10 Å². The predicted molar refractivity (Wildman–Crippen MR) is 68.8 cm³/mol. The molecule has 0 bridgehead atoms. The molecule has 0 saturated carbocycles. The fourth-order valence-corrected chi connectivity index (χ4v) is 2.39. The van der Waals surface area contributed by atoms with Gasteiger partial charge in [-0.15, -0.1) is 0 Å². The molecule has 0 unspecified atom stereocenters. The standard InChI is InChI=1S/C14H14F5NO2/c15-13(16,14(17,18)19)10-2-1-3-11(8-10)20-6-4-12(5-7-20)22-9-21/h1-3,8-9,12H,4-7H2. The molecule has 122 valence electrons. The Bertz CT molecular complexity index is 524. The molecule has 8 heteroatoms. The van der Waals surface area contributed by atoms with Crippen molar-refractivity contribution in [3.8, 4) is 0 Å². The molecule has 1 fully saturated rings. The number of benzene rings is 1. The van der Waals surface area contributed by atoms with Gasteiger partial charge in [0.25, 0.3) is 6.47 Å². The maximum Gasteiger partial charge on any atom is 0.458 e. The van der Waals surface area contributed by atoms with Crippen LogP contribution in [0.15, 0.2) is 24.3 Å². The number of anilines is 1. The van der Waals surface area contributed by atoms with Gasteiger partial charge in [0.1, 0.15) is 6.10 Å². The van der Waals surface area contributed by atoms with Gasteiger partial charge in [-0.1, -0.05) is 12.1 Å². The molecule has 0 amide bonds. The topological polar surface area (TPSA) is 29.5 Å². The Morgan fingerprint density at radius 3 is 2.32 bits per heavy atom. The summed E-state index contributed by atoms with van der Waals surface area (Å²) in [5.74, 6) is -4.89. The number of carbonyl (C=O) groups excluding carboxylic acids is 1. The minimum absolute atomic E-state index is 0.242. The second-order valence-electron chi connectivity index (χ2n) is 5.04. The van der Waals surface area contributed by atoms with Crippen molar-refractivity contribution >= 4 is 12.2 Å². The highest BCUT2D eigenvalue weighted by molar-refractivity contribution is 5.50. The van der Waals surface area contributed by atoms with Gasteiger partial charge in [0.05, 0.1) is 0 Å². The molecule has 3 nitrogen and oxygen atoms in total. The van der Waals surface area contributed by atoms with Crippen molar-refractivity contribution < 1.29 is 31.5 Å². The van der Waals surface area contributed by atoms with E-state index in [0.717, 1.165) is 12.1 Å². The van der Waals surface area contributed by atoms with Gasteiger partial charge in [0.15, 0.2) is 0 Å². The van der Waals surface area contributed by atoms with Crippen LogP contribution in [0.2, 0.25) is 0 Å². The van der Waals surface area contributed by atoms with Crippen molar-refractivity contribution in [1.29, 1.82) is 0 Å². The van der Waals surface area contributed by atoms with Gasteiger partial charge in [-0.2, -0.15) is 22.0 Å². The van der Waals surface area contributed by atoms with Gasteiger partial charge in [-0.3, -0.25) is 4.79 Å². The SMILES string of the molecule is O=COC1CCN(c2cccc(C(F)(F)C(F)(F)F)c2)CC1. The summed E-state index contributed by atoms with van der Waals surface area (Å²) in [6.07, 6.45) is -4.87. The molecule has 1 aliphatic rings. The minimum atomic E-state index is -5.63. The molecule has 1 aromatic rings. The number of ether oxygens (including phenoxy) is 1. The molecule has 1 aliphatic heterocycles. The maximum atomic E-state index is 13.4. The molecular formula is C14H14F5NO2. The fraction of sp³-hybridized carbons (Fsp3) is 0.500. The third-order valence-electron chi connectivity index (χ3n) is 3.62.